The predicted molar refractivity (Wildman–Crippen MR) is 91.3 cm³/mol. The molecule has 3 heterocycles. The van der Waals surface area contributed by atoms with Gasteiger partial charge in [-0.2, -0.15) is 0 Å². The van der Waals surface area contributed by atoms with Crippen molar-refractivity contribution >= 4 is 12.0 Å². The van der Waals surface area contributed by atoms with E-state index in [1.54, 1.807) is 4.90 Å². The molecule has 2 bridgehead atoms. The van der Waals surface area contributed by atoms with Crippen LogP contribution in [0.25, 0.3) is 0 Å². The molecule has 2 amide bonds. The van der Waals surface area contributed by atoms with Crippen LogP contribution in [0.15, 0.2) is 10.8 Å². The first-order valence-electron chi connectivity index (χ1n) is 9.03. The van der Waals surface area contributed by atoms with E-state index in [4.69, 9.17) is 9.15 Å². The van der Waals surface area contributed by atoms with Gasteiger partial charge in [-0.05, 0) is 39.5 Å². The van der Waals surface area contributed by atoms with E-state index in [1.807, 2.05) is 20.8 Å². The fourth-order valence-corrected chi connectivity index (χ4v) is 3.66. The summed E-state index contributed by atoms with van der Waals surface area (Å²) in [6.45, 7) is 8.92. The Kier molecular flexibility index (Phi) is 4.75. The van der Waals surface area contributed by atoms with Crippen LogP contribution in [0.4, 0.5) is 4.79 Å². The zero-order chi connectivity index (χ0) is 18.2. The topological polar surface area (TPSA) is 84.7 Å². The van der Waals surface area contributed by atoms with Crippen molar-refractivity contribution in [2.24, 2.45) is 5.92 Å². The summed E-state index contributed by atoms with van der Waals surface area (Å²) in [6.07, 6.45) is 3.89. The third kappa shape index (κ3) is 3.50. The second-order valence-corrected chi connectivity index (χ2v) is 7.90. The molecule has 25 heavy (non-hydrogen) atoms. The molecule has 7 nitrogen and oxygen atoms in total. The van der Waals surface area contributed by atoms with Crippen LogP contribution in [-0.2, 0) is 4.74 Å². The molecule has 0 aromatic carbocycles. The first-order valence-corrected chi connectivity index (χ1v) is 9.03. The summed E-state index contributed by atoms with van der Waals surface area (Å²) in [7, 11) is 0. The maximum absolute atomic E-state index is 12.4. The molecule has 7 heteroatoms. The second kappa shape index (κ2) is 6.69. The molecule has 3 unspecified atom stereocenters. The van der Waals surface area contributed by atoms with Crippen LogP contribution in [0.1, 0.15) is 69.1 Å². The zero-order valence-corrected chi connectivity index (χ0v) is 15.4. The van der Waals surface area contributed by atoms with E-state index < -0.39 is 5.60 Å². The van der Waals surface area contributed by atoms with E-state index in [1.165, 1.54) is 6.39 Å². The number of aromatic nitrogens is 1. The third-order valence-electron chi connectivity index (χ3n) is 4.85. The van der Waals surface area contributed by atoms with E-state index in [0.717, 1.165) is 19.3 Å². The Labute approximate surface area is 148 Å². The van der Waals surface area contributed by atoms with Crippen LogP contribution in [0, 0.1) is 5.92 Å². The summed E-state index contributed by atoms with van der Waals surface area (Å²) in [5, 5.41) is 2.88. The highest BCUT2D eigenvalue weighted by atomic mass is 16.6. The fraction of sp³-hybridized carbons (Fsp3) is 0.722. The molecule has 1 aromatic heterocycles. The van der Waals surface area contributed by atoms with Crippen LogP contribution in [-0.4, -0.2) is 46.6 Å². The highest BCUT2D eigenvalue weighted by molar-refractivity contribution is 5.93. The van der Waals surface area contributed by atoms with Crippen LogP contribution < -0.4 is 5.32 Å². The van der Waals surface area contributed by atoms with Crippen LogP contribution in [0.5, 0.6) is 0 Å². The largest absolute Gasteiger partial charge is 0.447 e. The maximum atomic E-state index is 12.4. The maximum Gasteiger partial charge on any atom is 0.410 e. The van der Waals surface area contributed by atoms with Gasteiger partial charge in [-0.1, -0.05) is 13.3 Å². The van der Waals surface area contributed by atoms with E-state index in [-0.39, 0.29) is 24.0 Å². The lowest BCUT2D eigenvalue weighted by Gasteiger charge is -2.35. The lowest BCUT2D eigenvalue weighted by Crippen LogP contribution is -2.42. The number of nitrogens with one attached hydrogen (secondary N) is 1. The summed E-state index contributed by atoms with van der Waals surface area (Å²) in [4.78, 5) is 30.6. The third-order valence-corrected chi connectivity index (χ3v) is 4.85. The normalized spacial score (nSPS) is 24.8. The number of carbonyl (C=O) groups is 2. The van der Waals surface area contributed by atoms with E-state index >= 15 is 0 Å². The van der Waals surface area contributed by atoms with Crippen molar-refractivity contribution in [3.05, 3.63) is 17.8 Å². The van der Waals surface area contributed by atoms with Gasteiger partial charge < -0.3 is 19.4 Å². The molecule has 2 aliphatic heterocycles. The molecular weight excluding hydrogens is 322 g/mol. The van der Waals surface area contributed by atoms with Gasteiger partial charge in [-0.3, -0.25) is 4.79 Å². The minimum absolute atomic E-state index is 0.0231. The number of unbranched alkanes of at least 4 members (excludes halogenated alkanes) is 1. The molecular formula is C18H27N3O4. The van der Waals surface area contributed by atoms with E-state index in [2.05, 4.69) is 17.2 Å². The summed E-state index contributed by atoms with van der Waals surface area (Å²) in [5.41, 5.74) is -0.169. The Hall–Kier alpha value is -2.05. The van der Waals surface area contributed by atoms with Crippen LogP contribution >= 0.6 is 0 Å². The number of hydrogen-bond acceptors (Lipinski definition) is 5. The summed E-state index contributed by atoms with van der Waals surface area (Å²) >= 11 is 0. The highest BCUT2D eigenvalue weighted by Crippen LogP contribution is 2.53. The Balaban J connectivity index is 1.68. The van der Waals surface area contributed by atoms with Gasteiger partial charge >= 0.3 is 6.09 Å². The van der Waals surface area contributed by atoms with Crippen molar-refractivity contribution in [3.63, 3.8) is 0 Å². The molecule has 4 rings (SSSR count). The predicted octanol–water partition coefficient (Wildman–Crippen LogP) is 2.93. The number of rotatable bonds is 5. The molecule has 3 atom stereocenters. The molecule has 3 fully saturated rings. The van der Waals surface area contributed by atoms with E-state index in [0.29, 0.717) is 30.5 Å². The Morgan fingerprint density at radius 3 is 2.88 bits per heavy atom. The van der Waals surface area contributed by atoms with Crippen LogP contribution in [0.3, 0.4) is 0 Å². The van der Waals surface area contributed by atoms with Gasteiger partial charge in [0.15, 0.2) is 12.1 Å². The second-order valence-electron chi connectivity index (χ2n) is 7.90. The lowest BCUT2D eigenvalue weighted by atomic mass is 9.72. The summed E-state index contributed by atoms with van der Waals surface area (Å²) in [6, 6.07) is 0.0231. The lowest BCUT2D eigenvalue weighted by molar-refractivity contribution is 0.0227. The molecule has 138 valence electrons. The Morgan fingerprint density at radius 1 is 1.44 bits per heavy atom. The fourth-order valence-electron chi connectivity index (χ4n) is 3.66. The van der Waals surface area contributed by atoms with Crippen molar-refractivity contribution in [3.8, 4) is 0 Å². The number of fused-ring (bicyclic) bond motifs is 1. The van der Waals surface area contributed by atoms with Gasteiger partial charge in [0.05, 0.1) is 0 Å². The number of hydrogen-bond donors (Lipinski definition) is 1. The number of amides is 2. The average Bonchev–Trinajstić information content (AvgIpc) is 3.19. The van der Waals surface area contributed by atoms with E-state index in [9.17, 15) is 9.59 Å². The molecule has 1 aliphatic carbocycles. The smallest absolute Gasteiger partial charge is 0.410 e. The molecule has 1 N–H and O–H groups in total. The van der Waals surface area contributed by atoms with Gasteiger partial charge in [-0.15, -0.1) is 0 Å². The van der Waals surface area contributed by atoms with Gasteiger partial charge in [0.25, 0.3) is 5.91 Å². The zero-order valence-electron chi connectivity index (χ0n) is 15.4. The molecule has 3 aliphatic rings. The first-order chi connectivity index (χ1) is 11.8. The standard InChI is InChI=1S/C18H27N3O4/c1-5-6-7-19-16(22)14-15(24-10-20-14)13-11-8-12(13)21(9-11)17(23)25-18(2,3)4/h10-13H,5-9H2,1-4H3,(H,19,22). The number of nitrogens with zero attached hydrogens (tertiary/aromatic N) is 2. The quantitative estimate of drug-likeness (QED) is 0.826. The van der Waals surface area contributed by atoms with Crippen molar-refractivity contribution in [2.75, 3.05) is 13.1 Å². The Morgan fingerprint density at radius 2 is 2.20 bits per heavy atom. The van der Waals surface area contributed by atoms with Crippen molar-refractivity contribution in [2.45, 2.75) is 64.5 Å². The van der Waals surface area contributed by atoms with Crippen molar-refractivity contribution < 1.29 is 18.7 Å². The molecule has 0 radical (unpaired) electrons. The minimum Gasteiger partial charge on any atom is -0.447 e. The Bertz CT molecular complexity index is 649. The summed E-state index contributed by atoms with van der Waals surface area (Å²) in [5.74, 6) is 0.725. The van der Waals surface area contributed by atoms with Gasteiger partial charge in [0.2, 0.25) is 0 Å². The van der Waals surface area contributed by atoms with Crippen LogP contribution in [0.2, 0.25) is 0 Å². The van der Waals surface area contributed by atoms with Crippen molar-refractivity contribution in [1.82, 2.24) is 15.2 Å². The molecule has 2 saturated heterocycles. The van der Waals surface area contributed by atoms with Crippen molar-refractivity contribution in [1.29, 1.82) is 0 Å². The highest BCUT2D eigenvalue weighted by Gasteiger charge is 2.57. The molecule has 1 aromatic rings. The number of carbonyl (C=O) groups excluding carboxylic acids is 2. The summed E-state index contributed by atoms with van der Waals surface area (Å²) < 4.78 is 11.0. The molecule has 1 saturated carbocycles. The SMILES string of the molecule is CCCCNC(=O)c1ncoc1C1C2CC1N(C(=O)OC(C)(C)C)C2. The van der Waals surface area contributed by atoms with Gasteiger partial charge in [0.1, 0.15) is 11.4 Å². The number of ether oxygens (including phenoxy) is 1. The van der Waals surface area contributed by atoms with Gasteiger partial charge in [-0.25, -0.2) is 9.78 Å². The van der Waals surface area contributed by atoms with Gasteiger partial charge in [0, 0.05) is 25.0 Å². The monoisotopic (exact) mass is 349 g/mol. The molecule has 0 spiro atoms. The first kappa shape index (κ1) is 17.8. The number of oxazole rings is 1. The minimum atomic E-state index is -0.518. The average molecular weight is 349 g/mol.